The lowest BCUT2D eigenvalue weighted by molar-refractivity contribution is -0.0324. The molecule has 2 aliphatic rings. The molecule has 190 valence electrons. The normalized spacial score (nSPS) is 26.4. The summed E-state index contributed by atoms with van der Waals surface area (Å²) in [5.74, 6) is 1.84. The molecule has 0 aromatic rings. The third-order valence-electron chi connectivity index (χ3n) is 9.76. The molecule has 0 unspecified atom stereocenters. The van der Waals surface area contributed by atoms with Gasteiger partial charge in [-0.1, -0.05) is 64.2 Å². The number of unbranched alkanes of at least 4 members (excludes halogenated alkanes) is 7. The minimum absolute atomic E-state index is 0.353. The zero-order valence-corrected chi connectivity index (χ0v) is 23.9. The van der Waals surface area contributed by atoms with E-state index in [1.54, 1.807) is 0 Å². The van der Waals surface area contributed by atoms with Crippen LogP contribution in [0.25, 0.3) is 0 Å². The van der Waals surface area contributed by atoms with Crippen LogP contribution in [-0.4, -0.2) is 46.1 Å². The molecule has 2 aliphatic heterocycles. The fraction of sp³-hybridized carbons (Fsp3) is 1.00. The maximum Gasteiger partial charge on any atom is 0.0158 e. The van der Waals surface area contributed by atoms with Crippen molar-refractivity contribution in [3.63, 3.8) is 0 Å². The molecule has 2 fully saturated rings. The lowest BCUT2D eigenvalue weighted by atomic mass is 9.72. The van der Waals surface area contributed by atoms with E-state index in [0.29, 0.717) is 22.2 Å². The number of nitrogens with zero attached hydrogens (tertiary/aromatic N) is 2. The Labute approximate surface area is 203 Å². The van der Waals surface area contributed by atoms with Crippen molar-refractivity contribution < 1.29 is 0 Å². The van der Waals surface area contributed by atoms with Crippen molar-refractivity contribution in [2.45, 2.75) is 167 Å². The van der Waals surface area contributed by atoms with Gasteiger partial charge in [0.05, 0.1) is 0 Å². The van der Waals surface area contributed by atoms with Crippen LogP contribution < -0.4 is 0 Å². The summed E-state index contributed by atoms with van der Waals surface area (Å²) in [4.78, 5) is 5.23. The van der Waals surface area contributed by atoms with Gasteiger partial charge in [-0.2, -0.15) is 0 Å². The standard InChI is InChI=1S/C30H60N2/c1-27(2)21-25(22-28(3,4)31(27)9)19-17-15-13-11-12-14-16-18-20-26-23-29(5,6)32(10)30(7,8)24-26/h25-26H,11-24H2,1-10H3. The van der Waals surface area contributed by atoms with Crippen LogP contribution >= 0.6 is 0 Å². The Morgan fingerprint density at radius 1 is 0.438 bits per heavy atom. The molecule has 0 saturated carbocycles. The smallest absolute Gasteiger partial charge is 0.0158 e. The highest BCUT2D eigenvalue weighted by Gasteiger charge is 2.43. The summed E-state index contributed by atoms with van der Waals surface area (Å²) in [7, 11) is 4.65. The Kier molecular flexibility index (Phi) is 9.77. The topological polar surface area (TPSA) is 6.48 Å². The van der Waals surface area contributed by atoms with E-state index in [4.69, 9.17) is 0 Å². The van der Waals surface area contributed by atoms with Gasteiger partial charge in [0, 0.05) is 22.2 Å². The van der Waals surface area contributed by atoms with Crippen LogP contribution in [0.3, 0.4) is 0 Å². The van der Waals surface area contributed by atoms with E-state index in [1.165, 1.54) is 89.9 Å². The van der Waals surface area contributed by atoms with Crippen molar-refractivity contribution in [2.75, 3.05) is 14.1 Å². The maximum atomic E-state index is 2.62. The van der Waals surface area contributed by atoms with Crippen molar-refractivity contribution in [1.82, 2.24) is 9.80 Å². The molecule has 0 bridgehead atoms. The molecule has 32 heavy (non-hydrogen) atoms. The number of likely N-dealkylation sites (tertiary alicyclic amines) is 2. The van der Waals surface area contributed by atoms with Crippen molar-refractivity contribution in [2.24, 2.45) is 11.8 Å². The van der Waals surface area contributed by atoms with Gasteiger partial charge >= 0.3 is 0 Å². The van der Waals surface area contributed by atoms with Crippen molar-refractivity contribution >= 4 is 0 Å². The van der Waals surface area contributed by atoms with Crippen molar-refractivity contribution in [1.29, 1.82) is 0 Å². The second-order valence-corrected chi connectivity index (χ2v) is 14.3. The van der Waals surface area contributed by atoms with Gasteiger partial charge in [0.15, 0.2) is 0 Å². The Bertz CT molecular complexity index is 473. The lowest BCUT2D eigenvalue weighted by Gasteiger charge is -2.54. The van der Waals surface area contributed by atoms with Gasteiger partial charge in [0.25, 0.3) is 0 Å². The minimum Gasteiger partial charge on any atom is -0.296 e. The second-order valence-electron chi connectivity index (χ2n) is 14.3. The van der Waals surface area contributed by atoms with Gasteiger partial charge in [-0.3, -0.25) is 9.80 Å². The molecular formula is C30H60N2. The van der Waals surface area contributed by atoms with Gasteiger partial charge in [-0.25, -0.2) is 0 Å². The zero-order valence-electron chi connectivity index (χ0n) is 23.9. The van der Waals surface area contributed by atoms with Gasteiger partial charge in [0.1, 0.15) is 0 Å². The van der Waals surface area contributed by atoms with Crippen LogP contribution in [0.1, 0.15) is 145 Å². The second kappa shape index (κ2) is 11.1. The molecule has 0 N–H and O–H groups in total. The number of piperidine rings is 2. The van der Waals surface area contributed by atoms with Crippen molar-refractivity contribution in [3.8, 4) is 0 Å². The molecule has 2 nitrogen and oxygen atoms in total. The zero-order chi connectivity index (χ0) is 24.2. The van der Waals surface area contributed by atoms with Crippen LogP contribution in [0, 0.1) is 11.8 Å². The Balaban J connectivity index is 1.50. The van der Waals surface area contributed by atoms with Crippen LogP contribution in [0.2, 0.25) is 0 Å². The highest BCUT2D eigenvalue weighted by atomic mass is 15.2. The monoisotopic (exact) mass is 448 g/mol. The summed E-state index contributed by atoms with van der Waals surface area (Å²) in [5.41, 5.74) is 1.41. The molecule has 2 heterocycles. The first-order valence-corrected chi connectivity index (χ1v) is 14.2. The summed E-state index contributed by atoms with van der Waals surface area (Å²) in [5, 5.41) is 0. The molecule has 0 spiro atoms. The van der Waals surface area contributed by atoms with E-state index in [1.807, 2.05) is 0 Å². The molecule has 0 aromatic heterocycles. The average Bonchev–Trinajstić information content (AvgIpc) is 2.64. The van der Waals surface area contributed by atoms with Crippen LogP contribution in [-0.2, 0) is 0 Å². The first-order chi connectivity index (χ1) is 14.7. The van der Waals surface area contributed by atoms with E-state index in [-0.39, 0.29) is 0 Å². The third-order valence-corrected chi connectivity index (χ3v) is 9.76. The fourth-order valence-corrected chi connectivity index (χ4v) is 7.49. The molecule has 2 heteroatoms. The molecule has 2 rings (SSSR count). The summed E-state index contributed by atoms with van der Waals surface area (Å²) < 4.78 is 0. The van der Waals surface area contributed by atoms with E-state index in [9.17, 15) is 0 Å². The SMILES string of the molecule is CN1C(C)(C)CC(CCCCCCCCCCC2CC(C)(C)N(C)C(C)(C)C2)CC1(C)C. The Morgan fingerprint density at radius 3 is 0.906 bits per heavy atom. The van der Waals surface area contributed by atoms with Gasteiger partial charge < -0.3 is 0 Å². The summed E-state index contributed by atoms with van der Waals surface area (Å²) >= 11 is 0. The van der Waals surface area contributed by atoms with Crippen LogP contribution in [0.15, 0.2) is 0 Å². The molecule has 0 amide bonds. The summed E-state index contributed by atoms with van der Waals surface area (Å²) in [6.07, 6.45) is 20.0. The Hall–Kier alpha value is -0.0800. The lowest BCUT2D eigenvalue weighted by Crippen LogP contribution is -2.58. The van der Waals surface area contributed by atoms with Crippen LogP contribution in [0.4, 0.5) is 0 Å². The molecular weight excluding hydrogens is 388 g/mol. The third kappa shape index (κ3) is 7.72. The summed E-state index contributed by atoms with van der Waals surface area (Å²) in [6.45, 7) is 19.5. The number of rotatable bonds is 11. The molecule has 2 saturated heterocycles. The van der Waals surface area contributed by atoms with Gasteiger partial charge in [0.2, 0.25) is 0 Å². The minimum atomic E-state index is 0.353. The quantitative estimate of drug-likeness (QED) is 0.292. The van der Waals surface area contributed by atoms with E-state index in [2.05, 4.69) is 79.3 Å². The predicted molar refractivity (Wildman–Crippen MR) is 143 cm³/mol. The fourth-order valence-electron chi connectivity index (χ4n) is 7.49. The molecule has 0 radical (unpaired) electrons. The molecule has 0 aromatic carbocycles. The predicted octanol–water partition coefficient (Wildman–Crippen LogP) is 8.69. The first-order valence-electron chi connectivity index (χ1n) is 14.2. The van der Waals surface area contributed by atoms with Crippen molar-refractivity contribution in [3.05, 3.63) is 0 Å². The first kappa shape index (κ1) is 28.2. The largest absolute Gasteiger partial charge is 0.296 e. The number of hydrogen-bond donors (Lipinski definition) is 0. The Morgan fingerprint density at radius 2 is 0.656 bits per heavy atom. The van der Waals surface area contributed by atoms with Gasteiger partial charge in [-0.15, -0.1) is 0 Å². The van der Waals surface area contributed by atoms with Gasteiger partial charge in [-0.05, 0) is 107 Å². The maximum absolute atomic E-state index is 2.62. The van der Waals surface area contributed by atoms with E-state index >= 15 is 0 Å². The summed E-state index contributed by atoms with van der Waals surface area (Å²) in [6, 6.07) is 0. The van der Waals surface area contributed by atoms with Crippen LogP contribution in [0.5, 0.6) is 0 Å². The number of hydrogen-bond acceptors (Lipinski definition) is 2. The molecule has 0 aliphatic carbocycles. The van der Waals surface area contributed by atoms with E-state index < -0.39 is 0 Å². The highest BCUT2D eigenvalue weighted by molar-refractivity contribution is 4.99. The van der Waals surface area contributed by atoms with E-state index in [0.717, 1.165) is 11.8 Å². The average molecular weight is 449 g/mol. The highest BCUT2D eigenvalue weighted by Crippen LogP contribution is 2.43. The molecule has 0 atom stereocenters.